The number of allylic oxidation sites excluding steroid dienone is 1. The Hall–Kier alpha value is -2.16. The van der Waals surface area contributed by atoms with E-state index >= 15 is 0 Å². The van der Waals surface area contributed by atoms with Crippen molar-refractivity contribution in [3.05, 3.63) is 77.9 Å². The van der Waals surface area contributed by atoms with E-state index in [1.54, 1.807) is 42.5 Å². The lowest BCUT2D eigenvalue weighted by molar-refractivity contribution is 0.104. The van der Waals surface area contributed by atoms with E-state index in [0.717, 1.165) is 5.56 Å². The summed E-state index contributed by atoms with van der Waals surface area (Å²) >= 11 is 0. The molecule has 5 heteroatoms. The van der Waals surface area contributed by atoms with E-state index in [1.165, 1.54) is 12.1 Å². The van der Waals surface area contributed by atoms with E-state index in [1.807, 2.05) is 6.92 Å². The molecule has 2 aromatic rings. The van der Waals surface area contributed by atoms with Gasteiger partial charge in [-0.1, -0.05) is 54.1 Å². The number of rotatable bonds is 6. The Balaban J connectivity index is 2.27. The molecule has 1 unspecified atom stereocenters. The molecule has 0 amide bonds. The first-order valence-corrected chi connectivity index (χ1v) is 8.34. The van der Waals surface area contributed by atoms with Crippen LogP contribution in [0.4, 0.5) is 0 Å². The molecule has 0 aliphatic carbocycles. The topological polar surface area (TPSA) is 63.6 Å². The Labute approximate surface area is 129 Å². The van der Waals surface area contributed by atoms with Gasteiger partial charge in [-0.3, -0.25) is 4.79 Å². The zero-order valence-electron chi connectivity index (χ0n) is 12.2. The van der Waals surface area contributed by atoms with Crippen LogP contribution in [-0.4, -0.2) is 10.4 Å². The van der Waals surface area contributed by atoms with Gasteiger partial charge in [-0.15, -0.1) is 6.58 Å². The standard InChI is InChI=1S/C17H17O4P/c1-3-6-14-7-4-5-8-16(14)21-22(19,20)17(18)15-11-9-13(2)10-12-15/h3-5,7-12H,1,6H2,2H3,(H,19,20). The lowest BCUT2D eigenvalue weighted by atomic mass is 10.1. The van der Waals surface area contributed by atoms with Gasteiger partial charge >= 0.3 is 7.60 Å². The molecule has 0 bridgehead atoms. The maximum atomic E-state index is 12.3. The molecule has 114 valence electrons. The molecule has 0 spiro atoms. The largest absolute Gasteiger partial charge is 0.448 e. The van der Waals surface area contributed by atoms with Crippen molar-refractivity contribution in [2.45, 2.75) is 13.3 Å². The number of hydrogen-bond acceptors (Lipinski definition) is 3. The van der Waals surface area contributed by atoms with Crippen molar-refractivity contribution in [2.75, 3.05) is 0 Å². The van der Waals surface area contributed by atoms with Crippen LogP contribution >= 0.6 is 7.60 Å². The molecule has 1 N–H and O–H groups in total. The van der Waals surface area contributed by atoms with Crippen LogP contribution in [0.1, 0.15) is 21.5 Å². The van der Waals surface area contributed by atoms with Crippen molar-refractivity contribution in [1.29, 1.82) is 0 Å². The quantitative estimate of drug-likeness (QED) is 0.643. The molecule has 2 aromatic carbocycles. The van der Waals surface area contributed by atoms with Gasteiger partial charge in [0.1, 0.15) is 5.75 Å². The van der Waals surface area contributed by atoms with Crippen LogP contribution in [-0.2, 0) is 11.0 Å². The van der Waals surface area contributed by atoms with Crippen molar-refractivity contribution >= 4 is 13.1 Å². The summed E-state index contributed by atoms with van der Waals surface area (Å²) in [4.78, 5) is 22.2. The van der Waals surface area contributed by atoms with Crippen molar-refractivity contribution in [3.8, 4) is 5.75 Å². The van der Waals surface area contributed by atoms with Crippen LogP contribution < -0.4 is 4.52 Å². The first kappa shape index (κ1) is 16.2. The predicted octanol–water partition coefficient (Wildman–Crippen LogP) is 4.13. The van der Waals surface area contributed by atoms with Gasteiger partial charge in [0.15, 0.2) is 0 Å². The minimum atomic E-state index is -4.47. The summed E-state index contributed by atoms with van der Waals surface area (Å²) in [6.45, 7) is 5.50. The molecule has 0 saturated carbocycles. The highest BCUT2D eigenvalue weighted by Gasteiger charge is 2.33. The van der Waals surface area contributed by atoms with Crippen LogP contribution in [0.15, 0.2) is 61.2 Å². The second-order valence-corrected chi connectivity index (χ2v) is 6.51. The van der Waals surface area contributed by atoms with E-state index in [-0.39, 0.29) is 11.3 Å². The number of para-hydroxylation sites is 1. The highest BCUT2D eigenvalue weighted by Crippen LogP contribution is 2.46. The van der Waals surface area contributed by atoms with Gasteiger partial charge in [0.2, 0.25) is 0 Å². The van der Waals surface area contributed by atoms with E-state index in [0.29, 0.717) is 12.0 Å². The van der Waals surface area contributed by atoms with E-state index in [4.69, 9.17) is 4.52 Å². The SMILES string of the molecule is C=CCc1ccccc1OP(=O)(O)C(=O)c1ccc(C)cc1. The first-order valence-electron chi connectivity index (χ1n) is 6.77. The fourth-order valence-electron chi connectivity index (χ4n) is 1.95. The summed E-state index contributed by atoms with van der Waals surface area (Å²) in [7, 11) is -4.47. The molecular weight excluding hydrogens is 299 g/mol. The first-order chi connectivity index (χ1) is 10.4. The van der Waals surface area contributed by atoms with Gasteiger partial charge in [-0.2, -0.15) is 0 Å². The molecule has 0 radical (unpaired) electrons. The summed E-state index contributed by atoms with van der Waals surface area (Å²) in [6, 6.07) is 13.2. The van der Waals surface area contributed by atoms with Gasteiger partial charge in [-0.05, 0) is 25.0 Å². The molecule has 1 atom stereocenters. The summed E-state index contributed by atoms with van der Waals surface area (Å²) < 4.78 is 17.4. The van der Waals surface area contributed by atoms with Gasteiger partial charge in [0.25, 0.3) is 5.52 Å². The molecule has 0 aliphatic rings. The van der Waals surface area contributed by atoms with Gasteiger partial charge in [0, 0.05) is 5.56 Å². The summed E-state index contributed by atoms with van der Waals surface area (Å²) in [6.07, 6.45) is 2.14. The fraction of sp³-hybridized carbons (Fsp3) is 0.118. The fourth-order valence-corrected chi connectivity index (χ4v) is 2.95. The monoisotopic (exact) mass is 316 g/mol. The van der Waals surface area contributed by atoms with Gasteiger partial charge in [-0.25, -0.2) is 4.57 Å². The number of carbonyl (C=O) groups is 1. The molecule has 0 aliphatic heterocycles. The molecule has 22 heavy (non-hydrogen) atoms. The summed E-state index contributed by atoms with van der Waals surface area (Å²) in [5.41, 5.74) is 0.892. The predicted molar refractivity (Wildman–Crippen MR) is 86.3 cm³/mol. The lowest BCUT2D eigenvalue weighted by Gasteiger charge is -2.14. The van der Waals surface area contributed by atoms with Gasteiger partial charge < -0.3 is 9.42 Å². The van der Waals surface area contributed by atoms with E-state index < -0.39 is 13.1 Å². The Morgan fingerprint density at radius 1 is 1.23 bits per heavy atom. The highest BCUT2D eigenvalue weighted by molar-refractivity contribution is 7.72. The molecule has 0 saturated heterocycles. The van der Waals surface area contributed by atoms with Crippen molar-refractivity contribution in [1.82, 2.24) is 0 Å². The molecule has 2 rings (SSSR count). The zero-order chi connectivity index (χ0) is 16.2. The Kier molecular flexibility index (Phi) is 4.96. The van der Waals surface area contributed by atoms with Crippen LogP contribution in [0.2, 0.25) is 0 Å². The maximum Gasteiger partial charge on any atom is 0.448 e. The molecule has 0 aromatic heterocycles. The Morgan fingerprint density at radius 3 is 2.50 bits per heavy atom. The van der Waals surface area contributed by atoms with Crippen LogP contribution in [0.3, 0.4) is 0 Å². The third-order valence-electron chi connectivity index (χ3n) is 3.11. The molecular formula is C17H17O4P. The second-order valence-electron chi connectivity index (χ2n) is 4.88. The Bertz CT molecular complexity index is 735. The van der Waals surface area contributed by atoms with E-state index in [2.05, 4.69) is 6.58 Å². The summed E-state index contributed by atoms with van der Waals surface area (Å²) in [5.74, 6) is 0.216. The minimum Gasteiger partial charge on any atom is -0.419 e. The molecule has 4 nitrogen and oxygen atoms in total. The average molecular weight is 316 g/mol. The number of benzene rings is 2. The molecule has 0 fully saturated rings. The maximum absolute atomic E-state index is 12.3. The van der Waals surface area contributed by atoms with Crippen molar-refractivity contribution in [3.63, 3.8) is 0 Å². The van der Waals surface area contributed by atoms with Crippen LogP contribution in [0, 0.1) is 6.92 Å². The number of hydrogen-bond donors (Lipinski definition) is 1. The average Bonchev–Trinajstić information content (AvgIpc) is 2.49. The number of carbonyl (C=O) groups excluding carboxylic acids is 1. The third kappa shape index (κ3) is 3.73. The zero-order valence-corrected chi connectivity index (χ0v) is 13.1. The van der Waals surface area contributed by atoms with Crippen molar-refractivity contribution < 1.29 is 18.8 Å². The highest BCUT2D eigenvalue weighted by atomic mass is 31.2. The Morgan fingerprint density at radius 2 is 1.86 bits per heavy atom. The normalized spacial score (nSPS) is 13.2. The van der Waals surface area contributed by atoms with Gasteiger partial charge in [0.05, 0.1) is 0 Å². The van der Waals surface area contributed by atoms with Crippen LogP contribution in [0.5, 0.6) is 5.75 Å². The minimum absolute atomic E-state index is 0.151. The van der Waals surface area contributed by atoms with Crippen molar-refractivity contribution in [2.24, 2.45) is 0 Å². The van der Waals surface area contributed by atoms with E-state index in [9.17, 15) is 14.3 Å². The smallest absolute Gasteiger partial charge is 0.419 e. The third-order valence-corrected chi connectivity index (χ3v) is 4.33. The summed E-state index contributed by atoms with van der Waals surface area (Å²) in [5, 5.41) is 0. The number of aryl methyl sites for hydroxylation is 1. The molecule has 0 heterocycles. The second kappa shape index (κ2) is 6.73. The lowest BCUT2D eigenvalue weighted by Crippen LogP contribution is -2.07. The van der Waals surface area contributed by atoms with Crippen LogP contribution in [0.25, 0.3) is 0 Å².